The highest BCUT2D eigenvalue weighted by Crippen LogP contribution is 2.30. The molecule has 3 heteroatoms. The molecule has 1 N–H and O–H groups in total. The van der Waals surface area contributed by atoms with Gasteiger partial charge in [-0.15, -0.1) is 11.3 Å². The Hall–Kier alpha value is -1.09. The molecule has 0 fully saturated rings. The SMILES string of the molecule is CCc1cc2sc(F)cc2cc1O. The molecule has 2 rings (SSSR count). The lowest BCUT2D eigenvalue weighted by atomic mass is 10.1. The molecule has 0 aliphatic carbocycles. The van der Waals surface area contributed by atoms with E-state index in [-0.39, 0.29) is 10.9 Å². The second-order valence-electron chi connectivity index (χ2n) is 2.92. The molecule has 1 aromatic heterocycles. The van der Waals surface area contributed by atoms with Gasteiger partial charge in [0.2, 0.25) is 0 Å². The molecule has 13 heavy (non-hydrogen) atoms. The summed E-state index contributed by atoms with van der Waals surface area (Å²) >= 11 is 1.11. The first-order chi connectivity index (χ1) is 6.20. The molecule has 0 saturated heterocycles. The minimum atomic E-state index is -0.206. The van der Waals surface area contributed by atoms with Crippen molar-refractivity contribution in [2.24, 2.45) is 0 Å². The maximum Gasteiger partial charge on any atom is 0.177 e. The molecular weight excluding hydrogens is 187 g/mol. The van der Waals surface area contributed by atoms with Crippen molar-refractivity contribution in [3.63, 3.8) is 0 Å². The average molecular weight is 196 g/mol. The number of phenolic OH excluding ortho intramolecular Hbond substituents is 1. The number of benzene rings is 1. The van der Waals surface area contributed by atoms with E-state index in [2.05, 4.69) is 0 Å². The van der Waals surface area contributed by atoms with Crippen LogP contribution in [0.1, 0.15) is 12.5 Å². The van der Waals surface area contributed by atoms with E-state index < -0.39 is 0 Å². The number of hydrogen-bond donors (Lipinski definition) is 1. The van der Waals surface area contributed by atoms with Gasteiger partial charge < -0.3 is 5.11 Å². The molecule has 0 amide bonds. The van der Waals surface area contributed by atoms with Gasteiger partial charge in [0.15, 0.2) is 5.13 Å². The molecule has 68 valence electrons. The Kier molecular flexibility index (Phi) is 1.96. The van der Waals surface area contributed by atoms with Gasteiger partial charge in [0.25, 0.3) is 0 Å². The summed E-state index contributed by atoms with van der Waals surface area (Å²) < 4.78 is 13.7. The fourth-order valence-electron chi connectivity index (χ4n) is 1.37. The maximum atomic E-state index is 12.8. The number of hydrogen-bond acceptors (Lipinski definition) is 2. The Bertz CT molecular complexity index is 447. The second-order valence-corrected chi connectivity index (χ2v) is 3.96. The minimum absolute atomic E-state index is 0.206. The predicted molar refractivity (Wildman–Crippen MR) is 52.8 cm³/mol. The van der Waals surface area contributed by atoms with E-state index in [1.54, 1.807) is 6.07 Å². The van der Waals surface area contributed by atoms with Gasteiger partial charge in [-0.1, -0.05) is 6.92 Å². The van der Waals surface area contributed by atoms with Crippen molar-refractivity contribution in [1.82, 2.24) is 0 Å². The lowest BCUT2D eigenvalue weighted by molar-refractivity contribution is 0.470. The number of rotatable bonds is 1. The molecule has 1 heterocycles. The van der Waals surface area contributed by atoms with Crippen molar-refractivity contribution < 1.29 is 9.50 Å². The highest BCUT2D eigenvalue weighted by atomic mass is 32.1. The van der Waals surface area contributed by atoms with Crippen LogP contribution in [0.2, 0.25) is 0 Å². The Morgan fingerprint density at radius 3 is 2.85 bits per heavy atom. The number of aromatic hydroxyl groups is 1. The topological polar surface area (TPSA) is 20.2 Å². The Labute approximate surface area is 79.4 Å². The summed E-state index contributed by atoms with van der Waals surface area (Å²) in [6.07, 6.45) is 0.765. The van der Waals surface area contributed by atoms with E-state index in [0.717, 1.165) is 33.4 Å². The average Bonchev–Trinajstić information content (AvgIpc) is 2.42. The van der Waals surface area contributed by atoms with E-state index in [1.165, 1.54) is 6.07 Å². The number of thiophene rings is 1. The molecule has 0 spiro atoms. The molecule has 0 aliphatic rings. The highest BCUT2D eigenvalue weighted by Gasteiger charge is 2.05. The van der Waals surface area contributed by atoms with Crippen LogP contribution in [0.4, 0.5) is 4.39 Å². The zero-order valence-corrected chi connectivity index (χ0v) is 7.99. The van der Waals surface area contributed by atoms with E-state index in [0.29, 0.717) is 0 Å². The van der Waals surface area contributed by atoms with Crippen molar-refractivity contribution >= 4 is 21.4 Å². The van der Waals surface area contributed by atoms with Crippen LogP contribution in [-0.4, -0.2) is 5.11 Å². The molecular formula is C10H9FOS. The molecule has 0 aliphatic heterocycles. The van der Waals surface area contributed by atoms with Crippen LogP contribution in [0.15, 0.2) is 18.2 Å². The second kappa shape index (κ2) is 3.00. The zero-order valence-electron chi connectivity index (χ0n) is 7.17. The van der Waals surface area contributed by atoms with Crippen LogP contribution in [0.25, 0.3) is 10.1 Å². The molecule has 1 aromatic carbocycles. The molecule has 0 unspecified atom stereocenters. The van der Waals surface area contributed by atoms with Gasteiger partial charge >= 0.3 is 0 Å². The number of aryl methyl sites for hydroxylation is 1. The first kappa shape index (κ1) is 8.51. The van der Waals surface area contributed by atoms with Gasteiger partial charge in [0.1, 0.15) is 5.75 Å². The quantitative estimate of drug-likeness (QED) is 0.741. The van der Waals surface area contributed by atoms with Crippen LogP contribution in [0.5, 0.6) is 5.75 Å². The summed E-state index contributed by atoms with van der Waals surface area (Å²) in [6, 6.07) is 4.91. The first-order valence-electron chi connectivity index (χ1n) is 4.11. The van der Waals surface area contributed by atoms with Crippen molar-refractivity contribution in [2.75, 3.05) is 0 Å². The maximum absolute atomic E-state index is 12.8. The normalized spacial score (nSPS) is 10.9. The van der Waals surface area contributed by atoms with Crippen molar-refractivity contribution in [3.8, 4) is 5.75 Å². The molecule has 0 saturated carbocycles. The van der Waals surface area contributed by atoms with Crippen LogP contribution in [0, 0.1) is 5.13 Å². The lowest BCUT2D eigenvalue weighted by Crippen LogP contribution is -1.79. The molecule has 0 atom stereocenters. The summed E-state index contributed by atoms with van der Waals surface area (Å²) in [6.45, 7) is 1.96. The predicted octanol–water partition coefficient (Wildman–Crippen LogP) is 3.31. The van der Waals surface area contributed by atoms with Gasteiger partial charge in [-0.25, -0.2) is 0 Å². The Morgan fingerprint density at radius 2 is 2.15 bits per heavy atom. The standard InChI is InChI=1S/C10H9FOS/c1-2-6-4-9-7(3-8(6)12)5-10(11)13-9/h3-5,12H,2H2,1H3. The number of phenols is 1. The third-order valence-corrected chi connectivity index (χ3v) is 2.95. The minimum Gasteiger partial charge on any atom is -0.508 e. The van der Waals surface area contributed by atoms with E-state index in [1.807, 2.05) is 13.0 Å². The zero-order chi connectivity index (χ0) is 9.42. The fraction of sp³-hybridized carbons (Fsp3) is 0.200. The van der Waals surface area contributed by atoms with Gasteiger partial charge in [-0.3, -0.25) is 0 Å². The summed E-state index contributed by atoms with van der Waals surface area (Å²) in [5.41, 5.74) is 0.870. The number of halogens is 1. The van der Waals surface area contributed by atoms with E-state index >= 15 is 0 Å². The van der Waals surface area contributed by atoms with Crippen molar-refractivity contribution in [3.05, 3.63) is 28.9 Å². The third kappa shape index (κ3) is 1.40. The van der Waals surface area contributed by atoms with Gasteiger partial charge in [0, 0.05) is 4.70 Å². The van der Waals surface area contributed by atoms with E-state index in [9.17, 15) is 9.50 Å². The summed E-state index contributed by atoms with van der Waals surface area (Å²) in [5, 5.41) is 10.1. The number of fused-ring (bicyclic) bond motifs is 1. The van der Waals surface area contributed by atoms with Crippen LogP contribution >= 0.6 is 11.3 Å². The molecule has 0 radical (unpaired) electrons. The Balaban J connectivity index is 2.72. The Morgan fingerprint density at radius 1 is 1.38 bits per heavy atom. The molecule has 1 nitrogen and oxygen atoms in total. The van der Waals surface area contributed by atoms with Crippen molar-refractivity contribution in [1.29, 1.82) is 0 Å². The van der Waals surface area contributed by atoms with Gasteiger partial charge in [-0.05, 0) is 35.6 Å². The summed E-state index contributed by atoms with van der Waals surface area (Å²) in [5.74, 6) is 0.257. The highest BCUT2D eigenvalue weighted by molar-refractivity contribution is 7.17. The monoisotopic (exact) mass is 196 g/mol. The largest absolute Gasteiger partial charge is 0.508 e. The third-order valence-electron chi connectivity index (χ3n) is 2.07. The first-order valence-corrected chi connectivity index (χ1v) is 4.93. The van der Waals surface area contributed by atoms with Gasteiger partial charge in [-0.2, -0.15) is 4.39 Å². The van der Waals surface area contributed by atoms with Crippen molar-refractivity contribution in [2.45, 2.75) is 13.3 Å². The van der Waals surface area contributed by atoms with Crippen LogP contribution in [-0.2, 0) is 6.42 Å². The molecule has 2 aromatic rings. The lowest BCUT2D eigenvalue weighted by Gasteiger charge is -2.00. The van der Waals surface area contributed by atoms with Crippen LogP contribution < -0.4 is 0 Å². The summed E-state index contributed by atoms with van der Waals surface area (Å²) in [4.78, 5) is 0. The van der Waals surface area contributed by atoms with Crippen LogP contribution in [0.3, 0.4) is 0 Å². The smallest absolute Gasteiger partial charge is 0.177 e. The fourth-order valence-corrected chi connectivity index (χ4v) is 2.20. The molecule has 0 bridgehead atoms. The van der Waals surface area contributed by atoms with Gasteiger partial charge in [0.05, 0.1) is 0 Å². The summed E-state index contributed by atoms with van der Waals surface area (Å²) in [7, 11) is 0. The van der Waals surface area contributed by atoms with E-state index in [4.69, 9.17) is 0 Å².